The summed E-state index contributed by atoms with van der Waals surface area (Å²) in [4.78, 5) is 18.1. The summed E-state index contributed by atoms with van der Waals surface area (Å²) in [6.07, 6.45) is 1.68. The predicted octanol–water partition coefficient (Wildman–Crippen LogP) is 1.69. The second kappa shape index (κ2) is 5.64. The zero-order valence-electron chi connectivity index (χ0n) is 10.0. The van der Waals surface area contributed by atoms with E-state index < -0.39 is 0 Å². The predicted molar refractivity (Wildman–Crippen MR) is 75.2 cm³/mol. The summed E-state index contributed by atoms with van der Waals surface area (Å²) in [5.41, 5.74) is 2.82. The summed E-state index contributed by atoms with van der Waals surface area (Å²) in [5.74, 6) is -0.198. The molecular formula is C11H12N4O2S2. The van der Waals surface area contributed by atoms with Gasteiger partial charge < -0.3 is 15.0 Å². The molecule has 2 aromatic heterocycles. The molecule has 0 saturated carbocycles. The van der Waals surface area contributed by atoms with Gasteiger partial charge in [-0.15, -0.1) is 11.3 Å². The summed E-state index contributed by atoms with van der Waals surface area (Å²) in [6, 6.07) is 0. The molecule has 0 spiro atoms. The van der Waals surface area contributed by atoms with Gasteiger partial charge in [0.1, 0.15) is 10.7 Å². The highest BCUT2D eigenvalue weighted by Gasteiger charge is 2.19. The fourth-order valence-corrected chi connectivity index (χ4v) is 3.11. The lowest BCUT2D eigenvalue weighted by molar-refractivity contribution is 0.102. The van der Waals surface area contributed by atoms with Crippen molar-refractivity contribution in [1.29, 1.82) is 0 Å². The number of aromatic nitrogens is 2. The standard InChI is InChI=1S/C11H12N4O2S2/c16-10(9-6-18-7-12-9)14-8-5-13-19-11(8)15-1-3-17-4-2-15/h5-7H,1-4H2,(H,14,16). The Balaban J connectivity index is 1.74. The molecule has 1 amide bonds. The Labute approximate surface area is 118 Å². The van der Waals surface area contributed by atoms with Crippen molar-refractivity contribution < 1.29 is 9.53 Å². The lowest BCUT2D eigenvalue weighted by Crippen LogP contribution is -2.36. The van der Waals surface area contributed by atoms with Gasteiger partial charge in [-0.05, 0) is 11.5 Å². The molecule has 19 heavy (non-hydrogen) atoms. The average molecular weight is 296 g/mol. The van der Waals surface area contributed by atoms with Gasteiger partial charge >= 0.3 is 0 Å². The molecule has 6 nitrogen and oxygen atoms in total. The van der Waals surface area contributed by atoms with Gasteiger partial charge in [0.2, 0.25) is 0 Å². The number of nitrogens with one attached hydrogen (secondary N) is 1. The zero-order valence-corrected chi connectivity index (χ0v) is 11.7. The summed E-state index contributed by atoms with van der Waals surface area (Å²) >= 11 is 2.78. The first kappa shape index (κ1) is 12.5. The van der Waals surface area contributed by atoms with Gasteiger partial charge in [-0.25, -0.2) is 4.98 Å². The van der Waals surface area contributed by atoms with Crippen molar-refractivity contribution in [2.75, 3.05) is 36.5 Å². The Kier molecular flexibility index (Phi) is 3.72. The van der Waals surface area contributed by atoms with E-state index in [1.165, 1.54) is 22.9 Å². The summed E-state index contributed by atoms with van der Waals surface area (Å²) in [5, 5.41) is 5.57. The largest absolute Gasteiger partial charge is 0.378 e. The molecule has 1 aliphatic heterocycles. The SMILES string of the molecule is O=C(Nc1cnsc1N1CCOCC1)c1cscn1. The minimum atomic E-state index is -0.198. The van der Waals surface area contributed by atoms with Crippen LogP contribution < -0.4 is 10.2 Å². The fraction of sp³-hybridized carbons (Fsp3) is 0.364. The highest BCUT2D eigenvalue weighted by molar-refractivity contribution is 7.11. The molecule has 0 radical (unpaired) electrons. The van der Waals surface area contributed by atoms with E-state index >= 15 is 0 Å². The van der Waals surface area contributed by atoms with E-state index in [1.54, 1.807) is 17.1 Å². The third-order valence-corrected chi connectivity index (χ3v) is 4.21. The third kappa shape index (κ3) is 2.75. The van der Waals surface area contributed by atoms with E-state index in [-0.39, 0.29) is 5.91 Å². The molecular weight excluding hydrogens is 284 g/mol. The number of rotatable bonds is 3. The Hall–Kier alpha value is -1.51. The first-order valence-electron chi connectivity index (χ1n) is 5.81. The highest BCUT2D eigenvalue weighted by atomic mass is 32.1. The van der Waals surface area contributed by atoms with Gasteiger partial charge in [-0.2, -0.15) is 4.37 Å². The summed E-state index contributed by atoms with van der Waals surface area (Å²) in [6.45, 7) is 3.05. The van der Waals surface area contributed by atoms with Crippen LogP contribution in [-0.2, 0) is 4.74 Å². The number of ether oxygens (including phenoxy) is 1. The molecule has 100 valence electrons. The summed E-state index contributed by atoms with van der Waals surface area (Å²) < 4.78 is 9.48. The average Bonchev–Trinajstić information content (AvgIpc) is 3.11. The van der Waals surface area contributed by atoms with E-state index in [0.717, 1.165) is 23.8 Å². The van der Waals surface area contributed by atoms with Crippen LogP contribution >= 0.6 is 22.9 Å². The Bertz CT molecular complexity index is 549. The Morgan fingerprint density at radius 1 is 1.42 bits per heavy atom. The van der Waals surface area contributed by atoms with Crippen LogP contribution in [0, 0.1) is 0 Å². The molecule has 8 heteroatoms. The van der Waals surface area contributed by atoms with Crippen LogP contribution in [0.5, 0.6) is 0 Å². The molecule has 3 rings (SSSR count). The zero-order chi connectivity index (χ0) is 13.1. The molecule has 1 N–H and O–H groups in total. The van der Waals surface area contributed by atoms with Gasteiger partial charge in [0.15, 0.2) is 0 Å². The van der Waals surface area contributed by atoms with Gasteiger partial charge in [0.05, 0.1) is 30.6 Å². The second-order valence-corrected chi connectivity index (χ2v) is 5.47. The number of amides is 1. The van der Waals surface area contributed by atoms with Crippen LogP contribution in [0.4, 0.5) is 10.7 Å². The van der Waals surface area contributed by atoms with Crippen molar-refractivity contribution in [3.8, 4) is 0 Å². The van der Waals surface area contributed by atoms with E-state index in [1.807, 2.05) is 0 Å². The van der Waals surface area contributed by atoms with Crippen molar-refractivity contribution in [2.24, 2.45) is 0 Å². The number of thiazole rings is 1. The molecule has 0 unspecified atom stereocenters. The number of morpholine rings is 1. The molecule has 0 bridgehead atoms. The minimum Gasteiger partial charge on any atom is -0.378 e. The van der Waals surface area contributed by atoms with Crippen molar-refractivity contribution in [2.45, 2.75) is 0 Å². The van der Waals surface area contributed by atoms with Gasteiger partial charge in [-0.1, -0.05) is 0 Å². The number of carbonyl (C=O) groups excluding carboxylic acids is 1. The quantitative estimate of drug-likeness (QED) is 0.933. The Morgan fingerprint density at radius 2 is 2.26 bits per heavy atom. The molecule has 1 saturated heterocycles. The number of anilines is 2. The van der Waals surface area contributed by atoms with Gasteiger partial charge in [0.25, 0.3) is 5.91 Å². The van der Waals surface area contributed by atoms with E-state index in [0.29, 0.717) is 18.9 Å². The van der Waals surface area contributed by atoms with Crippen LogP contribution in [0.15, 0.2) is 17.1 Å². The molecule has 1 aliphatic rings. The number of hydrogen-bond acceptors (Lipinski definition) is 7. The van der Waals surface area contributed by atoms with Crippen LogP contribution in [0.3, 0.4) is 0 Å². The first-order chi connectivity index (χ1) is 9.34. The van der Waals surface area contributed by atoms with Crippen LogP contribution in [0.25, 0.3) is 0 Å². The van der Waals surface area contributed by atoms with Gasteiger partial charge in [-0.3, -0.25) is 4.79 Å². The van der Waals surface area contributed by atoms with Gasteiger partial charge in [0, 0.05) is 18.5 Å². The first-order valence-corrected chi connectivity index (χ1v) is 7.53. The third-order valence-electron chi connectivity index (χ3n) is 2.76. The number of nitrogens with zero attached hydrogens (tertiary/aromatic N) is 3. The maximum Gasteiger partial charge on any atom is 0.275 e. The molecule has 1 fully saturated rings. The van der Waals surface area contributed by atoms with Crippen molar-refractivity contribution in [1.82, 2.24) is 9.36 Å². The van der Waals surface area contributed by atoms with Crippen molar-refractivity contribution >= 4 is 39.5 Å². The van der Waals surface area contributed by atoms with Crippen molar-refractivity contribution in [3.05, 3.63) is 22.8 Å². The second-order valence-electron chi connectivity index (χ2n) is 3.97. The molecule has 0 atom stereocenters. The fourth-order valence-electron chi connectivity index (χ4n) is 1.82. The van der Waals surface area contributed by atoms with Crippen LogP contribution in [0.1, 0.15) is 10.5 Å². The van der Waals surface area contributed by atoms with E-state index in [2.05, 4.69) is 19.6 Å². The minimum absolute atomic E-state index is 0.198. The highest BCUT2D eigenvalue weighted by Crippen LogP contribution is 2.31. The normalized spacial score (nSPS) is 15.5. The van der Waals surface area contributed by atoms with Crippen molar-refractivity contribution in [3.63, 3.8) is 0 Å². The maximum atomic E-state index is 12.0. The monoisotopic (exact) mass is 296 g/mol. The lowest BCUT2D eigenvalue weighted by Gasteiger charge is -2.27. The van der Waals surface area contributed by atoms with Crippen LogP contribution in [0.2, 0.25) is 0 Å². The van der Waals surface area contributed by atoms with Crippen LogP contribution in [-0.4, -0.2) is 41.6 Å². The molecule has 0 aliphatic carbocycles. The smallest absolute Gasteiger partial charge is 0.275 e. The van der Waals surface area contributed by atoms with E-state index in [9.17, 15) is 4.79 Å². The Morgan fingerprint density at radius 3 is 3.00 bits per heavy atom. The number of carbonyl (C=O) groups is 1. The maximum absolute atomic E-state index is 12.0. The molecule has 2 aromatic rings. The molecule has 3 heterocycles. The number of hydrogen-bond donors (Lipinski definition) is 1. The summed E-state index contributed by atoms with van der Waals surface area (Å²) in [7, 11) is 0. The molecule has 0 aromatic carbocycles. The lowest BCUT2D eigenvalue weighted by atomic mass is 10.4. The topological polar surface area (TPSA) is 67.4 Å². The van der Waals surface area contributed by atoms with E-state index in [4.69, 9.17) is 4.74 Å².